The molecule has 0 aromatic heterocycles. The van der Waals surface area contributed by atoms with Crippen LogP contribution in [-0.2, 0) is 4.74 Å². The van der Waals surface area contributed by atoms with Gasteiger partial charge in [0.1, 0.15) is 12.4 Å². The first kappa shape index (κ1) is 12.9. The van der Waals surface area contributed by atoms with Gasteiger partial charge in [-0.2, -0.15) is 0 Å². The Balaban J connectivity index is 1.67. The highest BCUT2D eigenvalue weighted by atomic mass is 79.9. The maximum Gasteiger partial charge on any atom is 0.119 e. The minimum Gasteiger partial charge on any atom is -0.492 e. The summed E-state index contributed by atoms with van der Waals surface area (Å²) in [6.45, 7) is 5.37. The lowest BCUT2D eigenvalue weighted by molar-refractivity contribution is 0.169. The Morgan fingerprint density at radius 1 is 1.41 bits per heavy atom. The summed E-state index contributed by atoms with van der Waals surface area (Å²) >= 11 is 3.40. The van der Waals surface area contributed by atoms with Crippen LogP contribution in [0, 0.1) is 0 Å². The molecule has 1 aromatic carbocycles. The van der Waals surface area contributed by atoms with Gasteiger partial charge in [0.15, 0.2) is 0 Å². The maximum absolute atomic E-state index is 5.64. The van der Waals surface area contributed by atoms with Crippen molar-refractivity contribution in [3.63, 3.8) is 0 Å². The highest BCUT2D eigenvalue weighted by molar-refractivity contribution is 9.10. The van der Waals surface area contributed by atoms with Crippen molar-refractivity contribution >= 4 is 15.9 Å². The van der Waals surface area contributed by atoms with Crippen molar-refractivity contribution in [2.75, 3.05) is 26.4 Å². The Bertz CT molecular complexity index is 347. The van der Waals surface area contributed by atoms with Crippen LogP contribution >= 0.6 is 15.9 Å². The fourth-order valence-electron chi connectivity index (χ4n) is 1.86. The Labute approximate surface area is 111 Å². The molecule has 0 aliphatic carbocycles. The molecule has 0 amide bonds. The van der Waals surface area contributed by atoms with Gasteiger partial charge >= 0.3 is 0 Å². The molecule has 1 unspecified atom stereocenters. The molecule has 0 bridgehead atoms. The summed E-state index contributed by atoms with van der Waals surface area (Å²) in [4.78, 5) is 0. The lowest BCUT2D eigenvalue weighted by Gasteiger charge is -2.23. The van der Waals surface area contributed by atoms with Gasteiger partial charge in [-0.05, 0) is 37.6 Å². The van der Waals surface area contributed by atoms with Gasteiger partial charge in [-0.15, -0.1) is 0 Å². The van der Waals surface area contributed by atoms with Crippen LogP contribution in [0.25, 0.3) is 0 Å². The van der Waals surface area contributed by atoms with Crippen LogP contribution in [0.15, 0.2) is 28.7 Å². The molecule has 1 fully saturated rings. The molecular weight excluding hydrogens is 282 g/mol. The molecule has 3 nitrogen and oxygen atoms in total. The number of hydrogen-bond donors (Lipinski definition) is 1. The summed E-state index contributed by atoms with van der Waals surface area (Å²) in [5, 5.41) is 3.48. The lowest BCUT2D eigenvalue weighted by Crippen LogP contribution is -2.44. The molecule has 1 aliphatic heterocycles. The highest BCUT2D eigenvalue weighted by Crippen LogP contribution is 2.18. The summed E-state index contributed by atoms with van der Waals surface area (Å²) in [6.07, 6.45) is 1.07. The highest BCUT2D eigenvalue weighted by Gasteiger charge is 2.28. The topological polar surface area (TPSA) is 30.5 Å². The van der Waals surface area contributed by atoms with Crippen molar-refractivity contribution in [1.82, 2.24) is 5.32 Å². The maximum atomic E-state index is 5.64. The zero-order valence-corrected chi connectivity index (χ0v) is 11.6. The zero-order chi connectivity index (χ0) is 12.1. The van der Waals surface area contributed by atoms with E-state index < -0.39 is 0 Å². The second-order valence-corrected chi connectivity index (χ2v) is 5.51. The molecule has 1 N–H and O–H groups in total. The van der Waals surface area contributed by atoms with Crippen LogP contribution in [-0.4, -0.2) is 31.9 Å². The SMILES string of the molecule is CC1(NCCOc2ccc(Br)cc2)CCOC1. The number of halogens is 1. The third kappa shape index (κ3) is 3.98. The predicted octanol–water partition coefficient (Wildman–Crippen LogP) is 2.60. The molecule has 0 radical (unpaired) electrons. The van der Waals surface area contributed by atoms with Gasteiger partial charge in [0.25, 0.3) is 0 Å². The van der Waals surface area contributed by atoms with Crippen molar-refractivity contribution in [2.24, 2.45) is 0 Å². The van der Waals surface area contributed by atoms with Gasteiger partial charge in [0.05, 0.1) is 6.61 Å². The summed E-state index contributed by atoms with van der Waals surface area (Å²) < 4.78 is 12.1. The lowest BCUT2D eigenvalue weighted by atomic mass is 10.0. The van der Waals surface area contributed by atoms with Crippen molar-refractivity contribution in [2.45, 2.75) is 18.9 Å². The number of hydrogen-bond acceptors (Lipinski definition) is 3. The van der Waals surface area contributed by atoms with E-state index in [-0.39, 0.29) is 5.54 Å². The Morgan fingerprint density at radius 3 is 2.82 bits per heavy atom. The molecular formula is C13H18BrNO2. The van der Waals surface area contributed by atoms with Gasteiger partial charge in [-0.25, -0.2) is 0 Å². The van der Waals surface area contributed by atoms with Crippen molar-refractivity contribution < 1.29 is 9.47 Å². The number of rotatable bonds is 5. The van der Waals surface area contributed by atoms with E-state index in [1.54, 1.807) is 0 Å². The third-order valence-electron chi connectivity index (χ3n) is 2.96. The number of ether oxygens (including phenoxy) is 2. The Kier molecular flexibility index (Phi) is 4.42. The van der Waals surface area contributed by atoms with E-state index in [0.29, 0.717) is 6.61 Å². The summed E-state index contributed by atoms with van der Waals surface area (Å²) in [6, 6.07) is 7.89. The van der Waals surface area contributed by atoms with Crippen molar-refractivity contribution in [1.29, 1.82) is 0 Å². The third-order valence-corrected chi connectivity index (χ3v) is 3.48. The minimum absolute atomic E-state index is 0.128. The van der Waals surface area contributed by atoms with E-state index in [0.717, 1.165) is 36.4 Å². The number of benzene rings is 1. The first-order valence-corrected chi connectivity index (χ1v) is 6.68. The first-order valence-electron chi connectivity index (χ1n) is 5.89. The van der Waals surface area contributed by atoms with E-state index in [2.05, 4.69) is 28.2 Å². The van der Waals surface area contributed by atoms with Crippen LogP contribution in [0.1, 0.15) is 13.3 Å². The average molecular weight is 300 g/mol. The first-order chi connectivity index (χ1) is 8.18. The molecule has 2 rings (SSSR count). The zero-order valence-electron chi connectivity index (χ0n) is 10.0. The standard InChI is InChI=1S/C13H18BrNO2/c1-13(6-8-16-10-13)15-7-9-17-12-4-2-11(14)3-5-12/h2-5,15H,6-10H2,1H3. The monoisotopic (exact) mass is 299 g/mol. The Morgan fingerprint density at radius 2 is 2.18 bits per heavy atom. The van der Waals surface area contributed by atoms with Crippen LogP contribution in [0.4, 0.5) is 0 Å². The second kappa shape index (κ2) is 5.85. The number of nitrogens with one attached hydrogen (secondary N) is 1. The molecule has 94 valence electrons. The molecule has 0 spiro atoms. The molecule has 1 aromatic rings. The molecule has 4 heteroatoms. The summed E-state index contributed by atoms with van der Waals surface area (Å²) in [5.74, 6) is 0.905. The quantitative estimate of drug-likeness (QED) is 0.848. The predicted molar refractivity (Wildman–Crippen MR) is 71.5 cm³/mol. The van der Waals surface area contributed by atoms with Crippen LogP contribution in [0.2, 0.25) is 0 Å². The van der Waals surface area contributed by atoms with Crippen molar-refractivity contribution in [3.8, 4) is 5.75 Å². The Hall–Kier alpha value is -0.580. The van der Waals surface area contributed by atoms with E-state index in [1.165, 1.54) is 0 Å². The van der Waals surface area contributed by atoms with E-state index in [4.69, 9.17) is 9.47 Å². The minimum atomic E-state index is 0.128. The largest absolute Gasteiger partial charge is 0.492 e. The van der Waals surface area contributed by atoms with Crippen LogP contribution < -0.4 is 10.1 Å². The summed E-state index contributed by atoms with van der Waals surface area (Å²) in [5.41, 5.74) is 0.128. The van der Waals surface area contributed by atoms with Gasteiger partial charge in [0, 0.05) is 23.2 Å². The normalized spacial score (nSPS) is 23.9. The molecule has 1 atom stereocenters. The van der Waals surface area contributed by atoms with Gasteiger partial charge in [-0.3, -0.25) is 0 Å². The van der Waals surface area contributed by atoms with E-state index >= 15 is 0 Å². The van der Waals surface area contributed by atoms with Gasteiger partial charge in [-0.1, -0.05) is 15.9 Å². The van der Waals surface area contributed by atoms with Crippen LogP contribution in [0.5, 0.6) is 5.75 Å². The second-order valence-electron chi connectivity index (χ2n) is 4.59. The van der Waals surface area contributed by atoms with E-state index in [1.807, 2.05) is 24.3 Å². The fourth-order valence-corrected chi connectivity index (χ4v) is 2.12. The van der Waals surface area contributed by atoms with Gasteiger partial charge in [0.2, 0.25) is 0 Å². The molecule has 0 saturated carbocycles. The molecule has 1 saturated heterocycles. The van der Waals surface area contributed by atoms with Gasteiger partial charge < -0.3 is 14.8 Å². The fraction of sp³-hybridized carbons (Fsp3) is 0.538. The van der Waals surface area contributed by atoms with Crippen molar-refractivity contribution in [3.05, 3.63) is 28.7 Å². The van der Waals surface area contributed by atoms with Crippen LogP contribution in [0.3, 0.4) is 0 Å². The average Bonchev–Trinajstić information content (AvgIpc) is 2.74. The molecule has 1 aliphatic rings. The smallest absolute Gasteiger partial charge is 0.119 e. The summed E-state index contributed by atoms with van der Waals surface area (Å²) in [7, 11) is 0. The molecule has 17 heavy (non-hydrogen) atoms. The van der Waals surface area contributed by atoms with E-state index in [9.17, 15) is 0 Å². The molecule has 1 heterocycles.